The highest BCUT2D eigenvalue weighted by Gasteiger charge is 2.19. The van der Waals surface area contributed by atoms with Crippen molar-refractivity contribution in [2.45, 2.75) is 45.6 Å². The zero-order valence-electron chi connectivity index (χ0n) is 10.9. The molecule has 0 N–H and O–H groups in total. The Labute approximate surface area is 102 Å². The van der Waals surface area contributed by atoms with E-state index >= 15 is 0 Å². The van der Waals surface area contributed by atoms with Crippen molar-refractivity contribution in [1.29, 1.82) is 0 Å². The quantitative estimate of drug-likeness (QED) is 0.579. The molecule has 0 bridgehead atoms. The van der Waals surface area contributed by atoms with Gasteiger partial charge in [-0.3, -0.25) is 4.79 Å². The summed E-state index contributed by atoms with van der Waals surface area (Å²) in [7, 11) is 1.33. The maximum absolute atomic E-state index is 11.4. The Hall–Kier alpha value is -1.10. The minimum Gasteiger partial charge on any atom is -0.467 e. The summed E-state index contributed by atoms with van der Waals surface area (Å²) in [5, 5.41) is 0. The van der Waals surface area contributed by atoms with Gasteiger partial charge in [-0.1, -0.05) is 6.92 Å². The average Bonchev–Trinajstić information content (AvgIpc) is 2.32. The van der Waals surface area contributed by atoms with Gasteiger partial charge >= 0.3 is 11.9 Å². The molecule has 100 valence electrons. The second kappa shape index (κ2) is 10.1. The third kappa shape index (κ3) is 7.74. The first kappa shape index (κ1) is 15.9. The van der Waals surface area contributed by atoms with Crippen LogP contribution in [0, 0.1) is 0 Å². The van der Waals surface area contributed by atoms with E-state index < -0.39 is 6.10 Å². The molecule has 17 heavy (non-hydrogen) atoms. The third-order valence-electron chi connectivity index (χ3n) is 2.14. The number of carbonyl (C=O) groups is 2. The van der Waals surface area contributed by atoms with Crippen LogP contribution in [0.15, 0.2) is 0 Å². The summed E-state index contributed by atoms with van der Waals surface area (Å²) in [5.74, 6) is -0.631. The Morgan fingerprint density at radius 2 is 1.94 bits per heavy atom. The Balaban J connectivity index is 3.90. The van der Waals surface area contributed by atoms with Crippen molar-refractivity contribution in [3.8, 4) is 0 Å². The summed E-state index contributed by atoms with van der Waals surface area (Å²) in [5.41, 5.74) is 0. The van der Waals surface area contributed by atoms with Crippen LogP contribution in [0.4, 0.5) is 0 Å². The topological polar surface area (TPSA) is 61.8 Å². The van der Waals surface area contributed by atoms with E-state index in [-0.39, 0.29) is 11.9 Å². The number of methoxy groups -OCH3 is 1. The van der Waals surface area contributed by atoms with E-state index in [1.165, 1.54) is 7.11 Å². The maximum atomic E-state index is 11.4. The normalized spacial score (nSPS) is 11.9. The molecule has 0 fully saturated rings. The molecule has 0 aliphatic rings. The van der Waals surface area contributed by atoms with Gasteiger partial charge in [-0.25, -0.2) is 4.79 Å². The van der Waals surface area contributed by atoms with E-state index in [1.54, 1.807) is 6.92 Å². The Morgan fingerprint density at radius 3 is 2.47 bits per heavy atom. The number of hydrogen-bond donors (Lipinski definition) is 0. The van der Waals surface area contributed by atoms with E-state index in [0.717, 1.165) is 6.42 Å². The van der Waals surface area contributed by atoms with E-state index in [4.69, 9.17) is 9.47 Å². The van der Waals surface area contributed by atoms with Gasteiger partial charge in [0.2, 0.25) is 0 Å². The molecule has 0 aromatic rings. The van der Waals surface area contributed by atoms with Crippen LogP contribution in [0.2, 0.25) is 0 Å². The number of esters is 2. The zero-order chi connectivity index (χ0) is 13.1. The molecule has 5 nitrogen and oxygen atoms in total. The van der Waals surface area contributed by atoms with Crippen LogP contribution in [0.25, 0.3) is 0 Å². The number of ether oxygens (including phenoxy) is 3. The molecule has 0 aliphatic heterocycles. The van der Waals surface area contributed by atoms with Gasteiger partial charge in [-0.2, -0.15) is 0 Å². The van der Waals surface area contributed by atoms with Crippen molar-refractivity contribution < 1.29 is 23.8 Å². The highest BCUT2D eigenvalue weighted by atomic mass is 16.6. The fourth-order valence-electron chi connectivity index (χ4n) is 1.33. The predicted octanol–water partition coefficient (Wildman–Crippen LogP) is 1.69. The molecule has 0 spiro atoms. The highest BCUT2D eigenvalue weighted by molar-refractivity contribution is 5.74. The first-order valence-electron chi connectivity index (χ1n) is 6.00. The van der Waals surface area contributed by atoms with E-state index in [0.29, 0.717) is 32.5 Å². The highest BCUT2D eigenvalue weighted by Crippen LogP contribution is 2.08. The van der Waals surface area contributed by atoms with Crippen molar-refractivity contribution in [2.75, 3.05) is 20.3 Å². The van der Waals surface area contributed by atoms with Crippen LogP contribution in [0.1, 0.15) is 39.5 Å². The van der Waals surface area contributed by atoms with Crippen LogP contribution in [-0.4, -0.2) is 38.4 Å². The first-order chi connectivity index (χ1) is 8.15. The predicted molar refractivity (Wildman–Crippen MR) is 62.5 cm³/mol. The minimum absolute atomic E-state index is 0.244. The average molecular weight is 246 g/mol. The van der Waals surface area contributed by atoms with Gasteiger partial charge in [0, 0.05) is 13.0 Å². The molecule has 0 aromatic carbocycles. The summed E-state index contributed by atoms with van der Waals surface area (Å²) >= 11 is 0. The minimum atomic E-state index is -0.575. The van der Waals surface area contributed by atoms with Crippen molar-refractivity contribution in [1.82, 2.24) is 0 Å². The molecule has 0 aromatic heterocycles. The van der Waals surface area contributed by atoms with Crippen molar-refractivity contribution >= 4 is 11.9 Å². The van der Waals surface area contributed by atoms with E-state index in [1.807, 2.05) is 6.92 Å². The molecular formula is C12H22O5. The molecule has 0 aliphatic carbocycles. The van der Waals surface area contributed by atoms with Gasteiger partial charge in [0.05, 0.1) is 13.7 Å². The molecule has 5 heteroatoms. The molecule has 1 atom stereocenters. The Morgan fingerprint density at radius 1 is 1.24 bits per heavy atom. The lowest BCUT2D eigenvalue weighted by Gasteiger charge is -2.14. The summed E-state index contributed by atoms with van der Waals surface area (Å²) in [6, 6.07) is 0. The smallest absolute Gasteiger partial charge is 0.334 e. The monoisotopic (exact) mass is 246 g/mol. The molecule has 1 unspecified atom stereocenters. The van der Waals surface area contributed by atoms with E-state index in [9.17, 15) is 9.59 Å². The summed E-state index contributed by atoms with van der Waals surface area (Å²) < 4.78 is 14.8. The fourth-order valence-corrected chi connectivity index (χ4v) is 1.33. The summed E-state index contributed by atoms with van der Waals surface area (Å²) in [4.78, 5) is 22.5. The summed E-state index contributed by atoms with van der Waals surface area (Å²) in [6.45, 7) is 4.62. The van der Waals surface area contributed by atoms with Crippen LogP contribution >= 0.6 is 0 Å². The number of rotatable bonds is 9. The molecule has 0 saturated carbocycles. The van der Waals surface area contributed by atoms with Gasteiger partial charge in [-0.05, 0) is 26.2 Å². The van der Waals surface area contributed by atoms with Crippen molar-refractivity contribution in [2.24, 2.45) is 0 Å². The molecule has 0 rings (SSSR count). The molecule has 0 saturated heterocycles. The number of hydrogen-bond acceptors (Lipinski definition) is 5. The maximum Gasteiger partial charge on any atom is 0.334 e. The fraction of sp³-hybridized carbons (Fsp3) is 0.833. The van der Waals surface area contributed by atoms with Crippen LogP contribution < -0.4 is 0 Å². The van der Waals surface area contributed by atoms with Crippen LogP contribution in [0.3, 0.4) is 0 Å². The molecular weight excluding hydrogens is 224 g/mol. The van der Waals surface area contributed by atoms with Crippen molar-refractivity contribution in [3.63, 3.8) is 0 Å². The van der Waals surface area contributed by atoms with Gasteiger partial charge in [0.15, 0.2) is 6.10 Å². The molecule has 0 heterocycles. The largest absolute Gasteiger partial charge is 0.467 e. The zero-order valence-corrected chi connectivity index (χ0v) is 10.9. The van der Waals surface area contributed by atoms with E-state index in [2.05, 4.69) is 4.74 Å². The van der Waals surface area contributed by atoms with Crippen LogP contribution in [0.5, 0.6) is 0 Å². The standard InChI is InChI=1S/C12H22O5/c1-4-9-17-10(12(14)15-3)7-6-8-11(13)16-5-2/h10H,4-9H2,1-3H3. The second-order valence-electron chi connectivity index (χ2n) is 3.58. The lowest BCUT2D eigenvalue weighted by atomic mass is 10.1. The SMILES string of the molecule is CCCOC(CCCC(=O)OCC)C(=O)OC. The molecule has 0 amide bonds. The van der Waals surface area contributed by atoms with Gasteiger partial charge < -0.3 is 14.2 Å². The van der Waals surface area contributed by atoms with Crippen LogP contribution in [-0.2, 0) is 23.8 Å². The van der Waals surface area contributed by atoms with Gasteiger partial charge in [0.25, 0.3) is 0 Å². The second-order valence-corrected chi connectivity index (χ2v) is 3.58. The lowest BCUT2D eigenvalue weighted by Crippen LogP contribution is -2.26. The Bertz CT molecular complexity index is 227. The lowest BCUT2D eigenvalue weighted by molar-refractivity contribution is -0.155. The number of carbonyl (C=O) groups excluding carboxylic acids is 2. The Kier molecular flexibility index (Phi) is 9.43. The van der Waals surface area contributed by atoms with Gasteiger partial charge in [0.1, 0.15) is 0 Å². The third-order valence-corrected chi connectivity index (χ3v) is 2.14. The molecule has 0 radical (unpaired) electrons. The summed E-state index contributed by atoms with van der Waals surface area (Å²) in [6.07, 6.45) is 1.60. The first-order valence-corrected chi connectivity index (χ1v) is 6.00. The van der Waals surface area contributed by atoms with Crippen molar-refractivity contribution in [3.05, 3.63) is 0 Å². The van der Waals surface area contributed by atoms with Gasteiger partial charge in [-0.15, -0.1) is 0 Å².